The van der Waals surface area contributed by atoms with E-state index in [4.69, 9.17) is 0 Å². The van der Waals surface area contributed by atoms with Crippen molar-refractivity contribution in [1.82, 2.24) is 10.0 Å². The Kier molecular flexibility index (Phi) is 6.21. The number of amides is 4. The third-order valence-corrected chi connectivity index (χ3v) is 8.25. The number of hydrogen-bond acceptors (Lipinski definition) is 6. The molecule has 2 aliphatic heterocycles. The molecule has 220 valence electrons. The summed E-state index contributed by atoms with van der Waals surface area (Å²) in [6.45, 7) is 0. The second-order valence-corrected chi connectivity index (χ2v) is 10.9. The molecule has 0 saturated heterocycles. The highest BCUT2D eigenvalue weighted by Gasteiger charge is 2.43. The van der Waals surface area contributed by atoms with Gasteiger partial charge in [0.25, 0.3) is 23.6 Å². The van der Waals surface area contributed by atoms with E-state index in [1.807, 2.05) is 121 Å². The maximum absolute atomic E-state index is 14.3. The summed E-state index contributed by atoms with van der Waals surface area (Å²) in [6.07, 6.45) is 0. The molecule has 0 radical (unpaired) electrons. The third kappa shape index (κ3) is 4.01. The van der Waals surface area contributed by atoms with E-state index in [2.05, 4.69) is 0 Å². The van der Waals surface area contributed by atoms with E-state index in [9.17, 15) is 19.2 Å². The summed E-state index contributed by atoms with van der Waals surface area (Å²) in [5.74, 6) is -2.25. The van der Waals surface area contributed by atoms with Crippen molar-refractivity contribution in [2.45, 2.75) is 0 Å². The number of nitrogens with zero attached hydrogens (tertiary/aromatic N) is 4. The molecule has 0 aromatic heterocycles. The van der Waals surface area contributed by atoms with Crippen LogP contribution in [0.4, 0.5) is 22.7 Å². The van der Waals surface area contributed by atoms with Crippen molar-refractivity contribution >= 4 is 57.2 Å². The minimum atomic E-state index is -0.563. The lowest BCUT2D eigenvalue weighted by Gasteiger charge is -2.40. The van der Waals surface area contributed by atoms with Gasteiger partial charge in [0.05, 0.1) is 45.0 Å². The minimum absolute atomic E-state index is 0.226. The van der Waals surface area contributed by atoms with Gasteiger partial charge in [-0.15, -0.1) is 0 Å². The van der Waals surface area contributed by atoms with E-state index in [0.29, 0.717) is 33.5 Å². The molecule has 2 aliphatic rings. The summed E-state index contributed by atoms with van der Waals surface area (Å²) in [5.41, 5.74) is 3.38. The molecule has 46 heavy (non-hydrogen) atoms. The van der Waals surface area contributed by atoms with E-state index in [-0.39, 0.29) is 22.3 Å². The smallest absolute Gasteiger partial charge is 0.267 e. The lowest BCUT2D eigenvalue weighted by atomic mass is 9.86. The number of hydrogen-bond donors (Lipinski definition) is 0. The quantitative estimate of drug-likeness (QED) is 0.184. The molecule has 0 atom stereocenters. The molecular weight excluding hydrogens is 576 g/mol. The summed E-state index contributed by atoms with van der Waals surface area (Å²) in [5, 5.41) is 6.01. The van der Waals surface area contributed by atoms with Gasteiger partial charge in [0, 0.05) is 10.8 Å². The van der Waals surface area contributed by atoms with Gasteiger partial charge in [0.1, 0.15) is 0 Å². The Morgan fingerprint density at radius 1 is 0.304 bits per heavy atom. The first-order chi connectivity index (χ1) is 22.5. The summed E-state index contributed by atoms with van der Waals surface area (Å²) in [7, 11) is 0. The van der Waals surface area contributed by atoms with Gasteiger partial charge >= 0.3 is 0 Å². The number of hydrazine groups is 2. The number of anilines is 4. The number of carbonyl (C=O) groups excluding carboxylic acids is 4. The first-order valence-corrected chi connectivity index (χ1v) is 14.7. The monoisotopic (exact) mass is 600 g/mol. The fourth-order valence-electron chi connectivity index (χ4n) is 6.25. The van der Waals surface area contributed by atoms with E-state index in [1.165, 1.54) is 0 Å². The van der Waals surface area contributed by atoms with Crippen LogP contribution in [-0.2, 0) is 0 Å². The Labute approximate surface area is 263 Å². The van der Waals surface area contributed by atoms with Crippen molar-refractivity contribution in [2.75, 3.05) is 10.0 Å². The van der Waals surface area contributed by atoms with Gasteiger partial charge in [-0.3, -0.25) is 19.2 Å². The van der Waals surface area contributed by atoms with Crippen LogP contribution in [0.15, 0.2) is 146 Å². The van der Waals surface area contributed by atoms with E-state index in [1.54, 1.807) is 34.3 Å². The van der Waals surface area contributed by atoms with Crippen LogP contribution in [0.5, 0.6) is 0 Å². The van der Waals surface area contributed by atoms with Gasteiger partial charge in [0.15, 0.2) is 0 Å². The first-order valence-electron chi connectivity index (χ1n) is 14.7. The summed E-state index contributed by atoms with van der Waals surface area (Å²) in [6, 6.07) is 43.0. The van der Waals surface area contributed by atoms with Crippen LogP contribution in [0.1, 0.15) is 41.4 Å². The lowest BCUT2D eigenvalue weighted by Crippen LogP contribution is -2.52. The van der Waals surface area contributed by atoms with Crippen LogP contribution in [0, 0.1) is 0 Å². The maximum atomic E-state index is 14.3. The summed E-state index contributed by atoms with van der Waals surface area (Å²) in [4.78, 5) is 57.2. The molecule has 2 heterocycles. The second kappa shape index (κ2) is 10.6. The Morgan fingerprint density at radius 3 is 0.739 bits per heavy atom. The largest absolute Gasteiger partial charge is 0.280 e. The van der Waals surface area contributed by atoms with Gasteiger partial charge in [-0.25, -0.2) is 10.0 Å². The number of para-hydroxylation sites is 4. The Hall–Kier alpha value is -6.54. The molecule has 8 heteroatoms. The van der Waals surface area contributed by atoms with Gasteiger partial charge in [-0.05, 0) is 72.8 Å². The second-order valence-electron chi connectivity index (χ2n) is 10.9. The van der Waals surface area contributed by atoms with Crippen molar-refractivity contribution < 1.29 is 19.2 Å². The average Bonchev–Trinajstić information content (AvgIpc) is 3.11. The highest BCUT2D eigenvalue weighted by atomic mass is 16.2. The Morgan fingerprint density at radius 2 is 0.522 bits per heavy atom. The topological polar surface area (TPSA) is 81.2 Å². The van der Waals surface area contributed by atoms with Crippen LogP contribution in [0.3, 0.4) is 0 Å². The molecule has 0 fully saturated rings. The van der Waals surface area contributed by atoms with Crippen LogP contribution in [0.25, 0.3) is 10.8 Å². The number of rotatable bonds is 6. The Bertz CT molecular complexity index is 1880. The SMILES string of the molecule is O=C1c2ccc3c4c(ccc(c24)C(=O)N1N(c1ccccc1)c1ccccc1)C(=O)N(N(c1ccccc1)c1ccccc1)C3=O. The zero-order chi connectivity index (χ0) is 31.4. The van der Waals surface area contributed by atoms with Gasteiger partial charge < -0.3 is 0 Å². The molecule has 0 unspecified atom stereocenters. The predicted octanol–water partition coefficient (Wildman–Crippen LogP) is 7.54. The first kappa shape index (κ1) is 27.0. The highest BCUT2D eigenvalue weighted by Crippen LogP contribution is 2.42. The fraction of sp³-hybridized carbons (Fsp3) is 0. The summed E-state index contributed by atoms with van der Waals surface area (Å²) >= 11 is 0. The van der Waals surface area contributed by atoms with Crippen molar-refractivity contribution in [3.05, 3.63) is 168 Å². The van der Waals surface area contributed by atoms with Crippen molar-refractivity contribution in [1.29, 1.82) is 0 Å². The van der Waals surface area contributed by atoms with E-state index < -0.39 is 23.6 Å². The standard InChI is InChI=1S/C38H24N4O4/c43-35-29-21-23-31-34-32(38(46)42(37(31)45)40(27-17-9-3-10-18-27)28-19-11-4-12-20-28)24-22-30(33(29)34)36(44)41(35)39(25-13-5-1-6-14-25)26-15-7-2-8-16-26/h1-24H. The van der Waals surface area contributed by atoms with Gasteiger partial charge in [-0.1, -0.05) is 72.8 Å². The van der Waals surface area contributed by atoms with Crippen LogP contribution in [-0.4, -0.2) is 33.6 Å². The zero-order valence-electron chi connectivity index (χ0n) is 24.3. The molecule has 8 nitrogen and oxygen atoms in total. The molecule has 0 N–H and O–H groups in total. The van der Waals surface area contributed by atoms with Crippen molar-refractivity contribution in [3.63, 3.8) is 0 Å². The lowest BCUT2D eigenvalue weighted by molar-refractivity contribution is 0.0589. The molecule has 0 aliphatic carbocycles. The predicted molar refractivity (Wildman–Crippen MR) is 175 cm³/mol. The molecule has 4 amide bonds. The van der Waals surface area contributed by atoms with Gasteiger partial charge in [0.2, 0.25) is 0 Å². The van der Waals surface area contributed by atoms with E-state index in [0.717, 1.165) is 10.0 Å². The number of imide groups is 2. The van der Waals surface area contributed by atoms with Crippen molar-refractivity contribution in [2.24, 2.45) is 0 Å². The summed E-state index contributed by atoms with van der Waals surface area (Å²) < 4.78 is 0. The molecule has 0 saturated carbocycles. The average molecular weight is 601 g/mol. The van der Waals surface area contributed by atoms with E-state index >= 15 is 0 Å². The zero-order valence-corrected chi connectivity index (χ0v) is 24.3. The molecular formula is C38H24N4O4. The van der Waals surface area contributed by atoms with Crippen LogP contribution >= 0.6 is 0 Å². The van der Waals surface area contributed by atoms with Crippen LogP contribution in [0.2, 0.25) is 0 Å². The normalized spacial score (nSPS) is 13.7. The fourth-order valence-corrected chi connectivity index (χ4v) is 6.25. The molecule has 0 bridgehead atoms. The molecule has 0 spiro atoms. The van der Waals surface area contributed by atoms with Crippen molar-refractivity contribution in [3.8, 4) is 0 Å². The molecule has 6 aromatic carbocycles. The maximum Gasteiger partial charge on any atom is 0.280 e. The number of carbonyl (C=O) groups is 4. The molecule has 6 aromatic rings. The minimum Gasteiger partial charge on any atom is -0.267 e. The third-order valence-electron chi connectivity index (χ3n) is 8.25. The van der Waals surface area contributed by atoms with Crippen LogP contribution < -0.4 is 10.0 Å². The highest BCUT2D eigenvalue weighted by molar-refractivity contribution is 6.34. The Balaban J connectivity index is 1.29. The van der Waals surface area contributed by atoms with Gasteiger partial charge in [-0.2, -0.15) is 10.0 Å². The molecule has 8 rings (SSSR count). The number of benzene rings is 6.